The molecule has 0 saturated heterocycles. The van der Waals surface area contributed by atoms with E-state index in [0.29, 0.717) is 0 Å². The van der Waals surface area contributed by atoms with Crippen LogP contribution in [0.25, 0.3) is 0 Å². The standard InChI is InChI=1S/C14H13NO/c1-16-12-7-6-11-8-10-4-2-3-5-13(10)15-14(11)9-12/h2-7,9,15H,8H2,1H3. The molecule has 0 spiro atoms. The monoisotopic (exact) mass is 211 g/mol. The van der Waals surface area contributed by atoms with Gasteiger partial charge < -0.3 is 10.1 Å². The summed E-state index contributed by atoms with van der Waals surface area (Å²) in [6.45, 7) is 0. The highest BCUT2D eigenvalue weighted by atomic mass is 16.5. The molecule has 1 heterocycles. The molecule has 16 heavy (non-hydrogen) atoms. The Kier molecular flexibility index (Phi) is 2.07. The highest BCUT2D eigenvalue weighted by Gasteiger charge is 2.14. The zero-order chi connectivity index (χ0) is 11.0. The molecule has 2 nitrogen and oxygen atoms in total. The molecule has 3 rings (SSSR count). The SMILES string of the molecule is COc1ccc2c(c1)Nc1ccccc1C2. The van der Waals surface area contributed by atoms with Gasteiger partial charge in [-0.3, -0.25) is 0 Å². The van der Waals surface area contributed by atoms with Crippen molar-refractivity contribution in [2.24, 2.45) is 0 Å². The third-order valence-corrected chi connectivity index (χ3v) is 2.98. The molecule has 0 amide bonds. The van der Waals surface area contributed by atoms with Crippen molar-refractivity contribution in [2.45, 2.75) is 6.42 Å². The summed E-state index contributed by atoms with van der Waals surface area (Å²) in [4.78, 5) is 0. The minimum absolute atomic E-state index is 0.894. The summed E-state index contributed by atoms with van der Waals surface area (Å²) in [5.41, 5.74) is 5.01. The largest absolute Gasteiger partial charge is 0.497 e. The van der Waals surface area contributed by atoms with E-state index in [4.69, 9.17) is 4.74 Å². The first kappa shape index (κ1) is 9.28. The average molecular weight is 211 g/mol. The predicted molar refractivity (Wildman–Crippen MR) is 65.5 cm³/mol. The number of nitrogens with one attached hydrogen (secondary N) is 1. The van der Waals surface area contributed by atoms with Crippen LogP contribution in [0, 0.1) is 0 Å². The second-order valence-electron chi connectivity index (χ2n) is 3.98. The number of hydrogen-bond acceptors (Lipinski definition) is 2. The van der Waals surface area contributed by atoms with E-state index >= 15 is 0 Å². The molecule has 2 aromatic carbocycles. The van der Waals surface area contributed by atoms with Crippen molar-refractivity contribution in [1.82, 2.24) is 0 Å². The van der Waals surface area contributed by atoms with Gasteiger partial charge in [0.05, 0.1) is 7.11 Å². The van der Waals surface area contributed by atoms with Crippen LogP contribution >= 0.6 is 0 Å². The smallest absolute Gasteiger partial charge is 0.120 e. The Balaban J connectivity index is 2.05. The Hall–Kier alpha value is -1.96. The van der Waals surface area contributed by atoms with Gasteiger partial charge in [-0.2, -0.15) is 0 Å². The van der Waals surface area contributed by atoms with Crippen LogP contribution in [-0.4, -0.2) is 7.11 Å². The van der Waals surface area contributed by atoms with Crippen molar-refractivity contribution in [3.63, 3.8) is 0 Å². The zero-order valence-electron chi connectivity index (χ0n) is 9.16. The molecule has 2 aromatic rings. The fraction of sp³-hybridized carbons (Fsp3) is 0.143. The van der Waals surface area contributed by atoms with Crippen molar-refractivity contribution in [2.75, 3.05) is 12.4 Å². The summed E-state index contributed by atoms with van der Waals surface area (Å²) in [6.07, 6.45) is 0.989. The first-order chi connectivity index (χ1) is 7.86. The van der Waals surface area contributed by atoms with Crippen molar-refractivity contribution < 1.29 is 4.74 Å². The van der Waals surface area contributed by atoms with Gasteiger partial charge in [-0.15, -0.1) is 0 Å². The lowest BCUT2D eigenvalue weighted by molar-refractivity contribution is 0.415. The van der Waals surface area contributed by atoms with E-state index in [1.807, 2.05) is 12.1 Å². The van der Waals surface area contributed by atoms with Crippen molar-refractivity contribution >= 4 is 11.4 Å². The first-order valence-corrected chi connectivity index (χ1v) is 5.38. The minimum atomic E-state index is 0.894. The molecule has 1 aliphatic rings. The second-order valence-corrected chi connectivity index (χ2v) is 3.98. The average Bonchev–Trinajstić information content (AvgIpc) is 2.35. The van der Waals surface area contributed by atoms with E-state index in [1.54, 1.807) is 7.11 Å². The molecule has 0 atom stereocenters. The van der Waals surface area contributed by atoms with Crippen LogP contribution < -0.4 is 10.1 Å². The molecule has 1 N–H and O–H groups in total. The number of benzene rings is 2. The number of methoxy groups -OCH3 is 1. The van der Waals surface area contributed by atoms with Gasteiger partial charge >= 0.3 is 0 Å². The summed E-state index contributed by atoms with van der Waals surface area (Å²) in [7, 11) is 1.69. The molecule has 0 radical (unpaired) electrons. The lowest BCUT2D eigenvalue weighted by atomic mass is 9.97. The Labute approximate surface area is 94.9 Å². The number of rotatable bonds is 1. The summed E-state index contributed by atoms with van der Waals surface area (Å²) >= 11 is 0. The number of fused-ring (bicyclic) bond motifs is 2. The van der Waals surface area contributed by atoms with E-state index in [2.05, 4.69) is 35.6 Å². The maximum absolute atomic E-state index is 5.23. The van der Waals surface area contributed by atoms with Crippen LogP contribution in [0.2, 0.25) is 0 Å². The molecule has 80 valence electrons. The number of ether oxygens (including phenoxy) is 1. The second kappa shape index (κ2) is 3.56. The zero-order valence-corrected chi connectivity index (χ0v) is 9.16. The Bertz CT molecular complexity index is 534. The van der Waals surface area contributed by atoms with Gasteiger partial charge in [-0.25, -0.2) is 0 Å². The highest BCUT2D eigenvalue weighted by Crippen LogP contribution is 2.34. The van der Waals surface area contributed by atoms with Gasteiger partial charge in [-0.1, -0.05) is 24.3 Å². The lowest BCUT2D eigenvalue weighted by Gasteiger charge is -2.21. The van der Waals surface area contributed by atoms with E-state index in [-0.39, 0.29) is 0 Å². The summed E-state index contributed by atoms with van der Waals surface area (Å²) in [5, 5.41) is 3.44. The molecule has 0 bridgehead atoms. The van der Waals surface area contributed by atoms with E-state index < -0.39 is 0 Å². The molecule has 0 saturated carbocycles. The Morgan fingerprint density at radius 1 is 1.00 bits per heavy atom. The van der Waals surface area contributed by atoms with E-state index in [1.165, 1.54) is 16.8 Å². The fourth-order valence-corrected chi connectivity index (χ4v) is 2.10. The number of hydrogen-bond donors (Lipinski definition) is 1. The molecule has 0 fully saturated rings. The normalized spacial score (nSPS) is 12.3. The van der Waals surface area contributed by atoms with Crippen LogP contribution in [0.3, 0.4) is 0 Å². The maximum Gasteiger partial charge on any atom is 0.120 e. The first-order valence-electron chi connectivity index (χ1n) is 5.38. The molecular formula is C14H13NO. The van der Waals surface area contributed by atoms with Crippen molar-refractivity contribution in [3.05, 3.63) is 53.6 Å². The third-order valence-electron chi connectivity index (χ3n) is 2.98. The highest BCUT2D eigenvalue weighted by molar-refractivity contribution is 5.72. The molecule has 0 unspecified atom stereocenters. The molecule has 0 aliphatic carbocycles. The number of para-hydroxylation sites is 1. The van der Waals surface area contributed by atoms with Crippen LogP contribution in [0.4, 0.5) is 11.4 Å². The quantitative estimate of drug-likeness (QED) is 0.666. The number of anilines is 2. The Morgan fingerprint density at radius 3 is 2.69 bits per heavy atom. The van der Waals surface area contributed by atoms with E-state index in [9.17, 15) is 0 Å². The molecule has 1 aliphatic heterocycles. The van der Waals surface area contributed by atoms with Gasteiger partial charge in [0.1, 0.15) is 5.75 Å². The van der Waals surface area contributed by atoms with Crippen LogP contribution in [0.5, 0.6) is 5.75 Å². The lowest BCUT2D eigenvalue weighted by Crippen LogP contribution is -2.06. The van der Waals surface area contributed by atoms with Gasteiger partial charge in [0, 0.05) is 23.9 Å². The van der Waals surface area contributed by atoms with Gasteiger partial charge in [-0.05, 0) is 23.3 Å². The molecule has 2 heteroatoms. The van der Waals surface area contributed by atoms with Gasteiger partial charge in [0.15, 0.2) is 0 Å². The Morgan fingerprint density at radius 2 is 1.81 bits per heavy atom. The predicted octanol–water partition coefficient (Wildman–Crippen LogP) is 3.34. The van der Waals surface area contributed by atoms with E-state index in [0.717, 1.165) is 17.9 Å². The van der Waals surface area contributed by atoms with Crippen LogP contribution in [0.1, 0.15) is 11.1 Å². The van der Waals surface area contributed by atoms with Crippen LogP contribution in [0.15, 0.2) is 42.5 Å². The topological polar surface area (TPSA) is 21.3 Å². The molecule has 0 aromatic heterocycles. The van der Waals surface area contributed by atoms with Crippen LogP contribution in [-0.2, 0) is 6.42 Å². The maximum atomic E-state index is 5.23. The fourth-order valence-electron chi connectivity index (χ4n) is 2.10. The van der Waals surface area contributed by atoms with Crippen molar-refractivity contribution in [1.29, 1.82) is 0 Å². The van der Waals surface area contributed by atoms with Crippen molar-refractivity contribution in [3.8, 4) is 5.75 Å². The summed E-state index contributed by atoms with van der Waals surface area (Å²) in [5.74, 6) is 0.894. The van der Waals surface area contributed by atoms with Gasteiger partial charge in [0.25, 0.3) is 0 Å². The molecular weight excluding hydrogens is 198 g/mol. The summed E-state index contributed by atoms with van der Waals surface area (Å²) < 4.78 is 5.23. The third kappa shape index (κ3) is 1.43. The minimum Gasteiger partial charge on any atom is -0.497 e. The summed E-state index contributed by atoms with van der Waals surface area (Å²) in [6, 6.07) is 14.6. The van der Waals surface area contributed by atoms with Gasteiger partial charge in [0.2, 0.25) is 0 Å².